The van der Waals surface area contributed by atoms with Crippen LogP contribution in [0, 0.1) is 28.7 Å². The van der Waals surface area contributed by atoms with Gasteiger partial charge in [0.25, 0.3) is 0 Å². The molecule has 56 heavy (non-hydrogen) atoms. The third-order valence-electron chi connectivity index (χ3n) is 13.0. The Morgan fingerprint density at radius 1 is 0.857 bits per heavy atom. The number of carbonyl (C=O) groups excluding carboxylic acids is 1. The Hall–Kier alpha value is -2.70. The maximum atomic E-state index is 11.7. The van der Waals surface area contributed by atoms with E-state index in [9.17, 15) is 9.90 Å². The normalized spacial score (nSPS) is 16.0. The zero-order valence-corrected chi connectivity index (χ0v) is 40.3. The molecule has 0 saturated heterocycles. The second-order valence-electron chi connectivity index (χ2n) is 17.8. The number of thiophene rings is 1. The summed E-state index contributed by atoms with van der Waals surface area (Å²) < 4.78 is 2.52. The predicted molar refractivity (Wildman–Crippen MR) is 242 cm³/mol. The molecule has 3 aromatic carbocycles. The Bertz CT molecular complexity index is 2100. The van der Waals surface area contributed by atoms with E-state index < -0.39 is 8.07 Å². The van der Waals surface area contributed by atoms with Gasteiger partial charge in [0.2, 0.25) is 0 Å². The maximum absolute atomic E-state index is 11.7. The van der Waals surface area contributed by atoms with Crippen LogP contribution in [0.5, 0.6) is 0 Å². The van der Waals surface area contributed by atoms with E-state index in [0.717, 1.165) is 42.5 Å². The average Bonchev–Trinajstić information content (AvgIpc) is 3.54. The van der Waals surface area contributed by atoms with Crippen LogP contribution in [0.3, 0.4) is 0 Å². The molecule has 1 fully saturated rings. The smallest absolute Gasteiger partial charge is 0.162 e. The fraction of sp³-hybridized carbons (Fsp3) is 0.531. The summed E-state index contributed by atoms with van der Waals surface area (Å²) in [5.74, 6) is 1.15. The van der Waals surface area contributed by atoms with Gasteiger partial charge in [-0.3, -0.25) is 9.78 Å². The van der Waals surface area contributed by atoms with Gasteiger partial charge in [-0.25, -0.2) is 4.98 Å². The Morgan fingerprint density at radius 3 is 2.05 bits per heavy atom. The second-order valence-corrected chi connectivity index (χ2v) is 24.1. The van der Waals surface area contributed by atoms with Crippen LogP contribution in [0.4, 0.5) is 0 Å². The Kier molecular flexibility index (Phi) is 15.9. The van der Waals surface area contributed by atoms with E-state index in [1.165, 1.54) is 74.6 Å². The van der Waals surface area contributed by atoms with Gasteiger partial charge in [-0.15, -0.1) is 40.1 Å². The first-order valence-corrected chi connectivity index (χ1v) is 24.7. The standard InChI is InChI=1S/C36H43N2SSi.C13H24O2.Ir/c1-8-40(9-2,10-3)31-19-26(17-25-13-11-12-14-28(25)31)32-34-33(38-23-37-32)29-16-15-24(18-30(29)39-34)27-20-35(4,5)22-36(6,7)21-27;1-5-10(6-2)12(14)9-13(15)11(7-3)8-4;/h11-16,18-19,23,27H,8-10,20-22H2,1-7H3;9-11,14H,5-8H2,1-4H3;/q-1;;/b;12-9-;. The minimum atomic E-state index is -1.63. The molecule has 0 amide bonds. The molecule has 7 heteroatoms. The van der Waals surface area contributed by atoms with Gasteiger partial charge in [0, 0.05) is 58.5 Å². The Labute approximate surface area is 356 Å². The van der Waals surface area contributed by atoms with Crippen LogP contribution < -0.4 is 5.19 Å². The first-order valence-electron chi connectivity index (χ1n) is 21.3. The summed E-state index contributed by atoms with van der Waals surface area (Å²) in [6, 6.07) is 26.0. The number of fused-ring (bicyclic) bond motifs is 4. The van der Waals surface area contributed by atoms with Crippen LogP contribution in [-0.4, -0.2) is 28.9 Å². The number of aliphatic hydroxyl groups excluding tert-OH is 1. The van der Waals surface area contributed by atoms with Crippen molar-refractivity contribution in [2.75, 3.05) is 0 Å². The number of aromatic nitrogens is 2. The van der Waals surface area contributed by atoms with E-state index in [1.807, 2.05) is 39.0 Å². The molecule has 0 unspecified atom stereocenters. The van der Waals surface area contributed by atoms with E-state index in [2.05, 4.69) is 103 Å². The number of allylic oxidation sites excluding steroid dienone is 2. The Morgan fingerprint density at radius 2 is 1.46 bits per heavy atom. The molecular weight excluding hydrogens is 901 g/mol. The molecule has 0 spiro atoms. The number of rotatable bonds is 13. The number of carbonyl (C=O) groups is 1. The van der Waals surface area contributed by atoms with Gasteiger partial charge >= 0.3 is 0 Å². The van der Waals surface area contributed by atoms with Gasteiger partial charge in [0.15, 0.2) is 5.78 Å². The van der Waals surface area contributed by atoms with Crippen molar-refractivity contribution in [3.05, 3.63) is 78.3 Å². The number of ketones is 1. The molecule has 1 aliphatic carbocycles. The van der Waals surface area contributed by atoms with Crippen molar-refractivity contribution in [2.45, 2.75) is 145 Å². The van der Waals surface area contributed by atoms with Gasteiger partial charge in [0.05, 0.1) is 19.3 Å². The maximum Gasteiger partial charge on any atom is 0.162 e. The molecule has 2 aromatic heterocycles. The molecule has 5 aromatic rings. The topological polar surface area (TPSA) is 63.1 Å². The summed E-state index contributed by atoms with van der Waals surface area (Å²) >= 11 is 1.86. The molecule has 1 radical (unpaired) electrons. The largest absolute Gasteiger partial charge is 0.512 e. The molecule has 1 saturated carbocycles. The van der Waals surface area contributed by atoms with Gasteiger partial charge < -0.3 is 5.11 Å². The van der Waals surface area contributed by atoms with Crippen molar-refractivity contribution >= 4 is 61.5 Å². The first-order chi connectivity index (χ1) is 26.2. The van der Waals surface area contributed by atoms with Gasteiger partial charge in [-0.05, 0) is 73.3 Å². The van der Waals surface area contributed by atoms with Crippen LogP contribution in [0.15, 0.2) is 66.7 Å². The van der Waals surface area contributed by atoms with Gasteiger partial charge in [-0.2, -0.15) is 0 Å². The molecule has 1 aliphatic rings. The van der Waals surface area contributed by atoms with Crippen molar-refractivity contribution < 1.29 is 30.0 Å². The number of aliphatic hydroxyl groups is 1. The molecule has 0 atom stereocenters. The molecule has 0 aliphatic heterocycles. The summed E-state index contributed by atoms with van der Waals surface area (Å²) in [4.78, 5) is 21.4. The summed E-state index contributed by atoms with van der Waals surface area (Å²) in [5.41, 5.74) is 5.46. The van der Waals surface area contributed by atoms with Crippen molar-refractivity contribution in [2.24, 2.45) is 22.7 Å². The third-order valence-corrected chi connectivity index (χ3v) is 19.8. The first kappa shape index (κ1) is 46.0. The molecule has 6 rings (SSSR count). The number of benzene rings is 3. The van der Waals surface area contributed by atoms with E-state index in [1.54, 1.807) is 11.5 Å². The molecule has 1 N–H and O–H groups in total. The van der Waals surface area contributed by atoms with Crippen molar-refractivity contribution in [1.29, 1.82) is 0 Å². The summed E-state index contributed by atoms with van der Waals surface area (Å²) in [6.45, 7) is 25.0. The summed E-state index contributed by atoms with van der Waals surface area (Å²) in [5, 5.41) is 15.2. The Balaban J connectivity index is 0.000000372. The number of hydrogen-bond acceptors (Lipinski definition) is 5. The van der Waals surface area contributed by atoms with Crippen LogP contribution in [-0.2, 0) is 24.9 Å². The molecule has 0 bridgehead atoms. The van der Waals surface area contributed by atoms with E-state index in [-0.39, 0.29) is 43.5 Å². The second kappa shape index (κ2) is 19.4. The van der Waals surface area contributed by atoms with Crippen molar-refractivity contribution in [3.63, 3.8) is 0 Å². The minimum absolute atomic E-state index is 0. The molecule has 4 nitrogen and oxygen atoms in total. The zero-order valence-electron chi connectivity index (χ0n) is 36.1. The van der Waals surface area contributed by atoms with Crippen molar-refractivity contribution in [1.82, 2.24) is 9.97 Å². The third kappa shape index (κ3) is 9.93. The van der Waals surface area contributed by atoms with Gasteiger partial charge in [0.1, 0.15) is 6.33 Å². The number of hydrogen-bond donors (Lipinski definition) is 1. The summed E-state index contributed by atoms with van der Waals surface area (Å²) in [6.07, 6.45) is 10.5. The summed E-state index contributed by atoms with van der Waals surface area (Å²) in [7, 11) is -1.63. The zero-order chi connectivity index (χ0) is 40.1. The number of nitrogens with zero attached hydrogens (tertiary/aromatic N) is 2. The van der Waals surface area contributed by atoms with Crippen LogP contribution in [0.25, 0.3) is 42.3 Å². The van der Waals surface area contributed by atoms with Crippen molar-refractivity contribution in [3.8, 4) is 11.3 Å². The van der Waals surface area contributed by atoms with Crippen LogP contribution in [0.1, 0.15) is 133 Å². The van der Waals surface area contributed by atoms with Crippen LogP contribution in [0.2, 0.25) is 18.1 Å². The quantitative estimate of drug-likeness (QED) is 0.0553. The molecule has 2 heterocycles. The van der Waals surface area contributed by atoms with E-state index in [0.29, 0.717) is 16.7 Å². The molecular formula is C49H67IrN2O2SSi-. The monoisotopic (exact) mass is 968 g/mol. The minimum Gasteiger partial charge on any atom is -0.512 e. The molecule has 305 valence electrons. The van der Waals surface area contributed by atoms with E-state index >= 15 is 0 Å². The SMILES string of the molecule is CCC(CC)C(=O)/C=C(\O)C(CC)CC.CC[Si](CC)(CC)c1cc(-c2ncnc3c2sc2cc(C4CC(C)(C)CC(C)(C)C4)ccc23)[c-]c2ccccc12.[Ir]. The average molecular weight is 968 g/mol. The van der Waals surface area contributed by atoms with Gasteiger partial charge in [-0.1, -0.05) is 136 Å². The fourth-order valence-electron chi connectivity index (χ4n) is 10.0. The van der Waals surface area contributed by atoms with E-state index in [4.69, 9.17) is 9.97 Å². The fourth-order valence-corrected chi connectivity index (χ4v) is 15.1. The predicted octanol–water partition coefficient (Wildman–Crippen LogP) is 14.4. The van der Waals surface area contributed by atoms with Crippen LogP contribution >= 0.6 is 11.3 Å².